The standard InChI is InChI=1S/C22H19N5O3S/c1-23-19(28)9-18-26-21(25-10-14-4-2-3-7-24-14)20-15(11-31-22(20)27-18)13-5-6-16-17(8-13)30-12-29-16/h2-8,11H,9-10,12H2,1H3,(H,23,28)(H,25,26,27). The molecular weight excluding hydrogens is 414 g/mol. The lowest BCUT2D eigenvalue weighted by Gasteiger charge is -2.11. The van der Waals surface area contributed by atoms with E-state index in [0.717, 1.165) is 38.5 Å². The van der Waals surface area contributed by atoms with Crippen LogP contribution >= 0.6 is 11.3 Å². The fourth-order valence-electron chi connectivity index (χ4n) is 3.38. The highest BCUT2D eigenvalue weighted by Gasteiger charge is 2.19. The normalized spacial score (nSPS) is 12.2. The molecule has 3 aromatic heterocycles. The van der Waals surface area contributed by atoms with Gasteiger partial charge in [0.2, 0.25) is 12.7 Å². The molecule has 0 saturated heterocycles. The van der Waals surface area contributed by atoms with E-state index < -0.39 is 0 Å². The molecule has 1 aromatic carbocycles. The molecule has 9 heteroatoms. The number of thiophene rings is 1. The van der Waals surface area contributed by atoms with Crippen molar-refractivity contribution >= 4 is 33.3 Å². The van der Waals surface area contributed by atoms with Gasteiger partial charge >= 0.3 is 0 Å². The quantitative estimate of drug-likeness (QED) is 0.481. The van der Waals surface area contributed by atoms with Crippen molar-refractivity contribution in [1.29, 1.82) is 0 Å². The van der Waals surface area contributed by atoms with Gasteiger partial charge in [-0.2, -0.15) is 0 Å². The molecule has 0 saturated carbocycles. The second kappa shape index (κ2) is 8.19. The first-order valence-corrected chi connectivity index (χ1v) is 10.6. The van der Waals surface area contributed by atoms with Gasteiger partial charge in [-0.3, -0.25) is 9.78 Å². The molecule has 4 heterocycles. The van der Waals surface area contributed by atoms with E-state index in [0.29, 0.717) is 18.2 Å². The molecule has 0 radical (unpaired) electrons. The fourth-order valence-corrected chi connectivity index (χ4v) is 4.34. The molecule has 5 rings (SSSR count). The van der Waals surface area contributed by atoms with Crippen LogP contribution in [0.4, 0.5) is 5.82 Å². The number of nitrogens with zero attached hydrogens (tertiary/aromatic N) is 3. The van der Waals surface area contributed by atoms with Crippen LogP contribution in [-0.2, 0) is 17.8 Å². The van der Waals surface area contributed by atoms with E-state index >= 15 is 0 Å². The monoisotopic (exact) mass is 433 g/mol. The molecule has 31 heavy (non-hydrogen) atoms. The van der Waals surface area contributed by atoms with Gasteiger partial charge in [-0.05, 0) is 29.8 Å². The zero-order valence-corrected chi connectivity index (χ0v) is 17.5. The molecule has 1 aliphatic rings. The molecule has 0 bridgehead atoms. The lowest BCUT2D eigenvalue weighted by Crippen LogP contribution is -2.21. The average Bonchev–Trinajstić information content (AvgIpc) is 3.44. The summed E-state index contributed by atoms with van der Waals surface area (Å²) in [6, 6.07) is 11.6. The zero-order valence-electron chi connectivity index (χ0n) is 16.7. The van der Waals surface area contributed by atoms with Gasteiger partial charge in [-0.15, -0.1) is 11.3 Å². The van der Waals surface area contributed by atoms with Gasteiger partial charge in [0, 0.05) is 24.2 Å². The number of aromatic nitrogens is 3. The number of benzene rings is 1. The summed E-state index contributed by atoms with van der Waals surface area (Å²) in [6.45, 7) is 0.731. The molecule has 156 valence electrons. The first kappa shape index (κ1) is 19.3. The van der Waals surface area contributed by atoms with E-state index in [1.807, 2.05) is 41.8 Å². The van der Waals surface area contributed by atoms with Crippen molar-refractivity contribution < 1.29 is 14.3 Å². The Morgan fingerprint density at radius 2 is 2.06 bits per heavy atom. The third-order valence-electron chi connectivity index (χ3n) is 4.92. The van der Waals surface area contributed by atoms with Crippen LogP contribution in [0.5, 0.6) is 11.5 Å². The van der Waals surface area contributed by atoms with Gasteiger partial charge < -0.3 is 20.1 Å². The van der Waals surface area contributed by atoms with Crippen molar-refractivity contribution in [2.75, 3.05) is 19.2 Å². The number of fused-ring (bicyclic) bond motifs is 2. The number of rotatable bonds is 6. The van der Waals surface area contributed by atoms with E-state index in [4.69, 9.17) is 9.47 Å². The molecule has 8 nitrogen and oxygen atoms in total. The smallest absolute Gasteiger partial charge is 0.231 e. The average molecular weight is 433 g/mol. The number of carbonyl (C=O) groups excluding carboxylic acids is 1. The highest BCUT2D eigenvalue weighted by atomic mass is 32.1. The first-order chi connectivity index (χ1) is 15.2. The van der Waals surface area contributed by atoms with Crippen LogP contribution in [-0.4, -0.2) is 34.7 Å². The van der Waals surface area contributed by atoms with E-state index in [1.54, 1.807) is 13.2 Å². The highest BCUT2D eigenvalue weighted by Crippen LogP contribution is 2.41. The van der Waals surface area contributed by atoms with Gasteiger partial charge in [0.1, 0.15) is 16.5 Å². The zero-order chi connectivity index (χ0) is 21.2. The summed E-state index contributed by atoms with van der Waals surface area (Å²) < 4.78 is 11.0. The Hall–Kier alpha value is -3.72. The predicted octanol–water partition coefficient (Wildman–Crippen LogP) is 3.38. The molecule has 0 spiro atoms. The van der Waals surface area contributed by atoms with Gasteiger partial charge in [0.25, 0.3) is 0 Å². The Labute approximate surface area is 182 Å². The molecule has 0 aliphatic carbocycles. The third kappa shape index (κ3) is 3.87. The van der Waals surface area contributed by atoms with Crippen molar-refractivity contribution in [2.24, 2.45) is 0 Å². The second-order valence-electron chi connectivity index (χ2n) is 6.91. The Balaban J connectivity index is 1.58. The van der Waals surface area contributed by atoms with Crippen LogP contribution < -0.4 is 20.1 Å². The minimum absolute atomic E-state index is 0.113. The highest BCUT2D eigenvalue weighted by molar-refractivity contribution is 7.17. The Kier molecular flexibility index (Phi) is 5.09. The maximum atomic E-state index is 11.9. The number of pyridine rings is 1. The fraction of sp³-hybridized carbons (Fsp3) is 0.182. The van der Waals surface area contributed by atoms with Crippen molar-refractivity contribution in [3.8, 4) is 22.6 Å². The van der Waals surface area contributed by atoms with Crippen LogP contribution in [0.15, 0.2) is 48.0 Å². The van der Waals surface area contributed by atoms with Gasteiger partial charge in [-0.25, -0.2) is 9.97 Å². The molecule has 0 unspecified atom stereocenters. The number of ether oxygens (including phenoxy) is 2. The summed E-state index contributed by atoms with van der Waals surface area (Å²) in [5, 5.41) is 8.96. The molecule has 1 amide bonds. The minimum Gasteiger partial charge on any atom is -0.454 e. The van der Waals surface area contributed by atoms with Crippen molar-refractivity contribution in [3.05, 3.63) is 59.5 Å². The summed E-state index contributed by atoms with van der Waals surface area (Å²) in [7, 11) is 1.60. The number of amides is 1. The number of hydrogen-bond donors (Lipinski definition) is 2. The number of carbonyl (C=O) groups is 1. The van der Waals surface area contributed by atoms with Crippen LogP contribution in [0.2, 0.25) is 0 Å². The second-order valence-corrected chi connectivity index (χ2v) is 7.77. The van der Waals surface area contributed by atoms with Crippen LogP contribution in [0, 0.1) is 0 Å². The molecular formula is C22H19N5O3S. The van der Waals surface area contributed by atoms with Crippen molar-refractivity contribution in [3.63, 3.8) is 0 Å². The van der Waals surface area contributed by atoms with E-state index in [2.05, 4.69) is 25.6 Å². The minimum atomic E-state index is -0.137. The number of anilines is 1. The molecule has 2 N–H and O–H groups in total. The summed E-state index contributed by atoms with van der Waals surface area (Å²) in [5.74, 6) is 2.46. The van der Waals surface area contributed by atoms with E-state index in [1.165, 1.54) is 11.3 Å². The molecule has 1 aliphatic heterocycles. The summed E-state index contributed by atoms with van der Waals surface area (Å²) in [5.41, 5.74) is 2.87. The van der Waals surface area contributed by atoms with Crippen LogP contribution in [0.3, 0.4) is 0 Å². The van der Waals surface area contributed by atoms with E-state index in [-0.39, 0.29) is 19.1 Å². The maximum absolute atomic E-state index is 11.9. The molecule has 0 fully saturated rings. The number of hydrogen-bond acceptors (Lipinski definition) is 8. The van der Waals surface area contributed by atoms with Gasteiger partial charge in [0.15, 0.2) is 11.5 Å². The van der Waals surface area contributed by atoms with E-state index in [9.17, 15) is 4.79 Å². The first-order valence-electron chi connectivity index (χ1n) is 9.74. The Morgan fingerprint density at radius 1 is 1.16 bits per heavy atom. The number of likely N-dealkylation sites (N-methyl/N-ethyl adjacent to an activating group) is 1. The summed E-state index contributed by atoms with van der Waals surface area (Å²) in [4.78, 5) is 26.4. The summed E-state index contributed by atoms with van der Waals surface area (Å²) >= 11 is 1.52. The SMILES string of the molecule is CNC(=O)Cc1nc(NCc2ccccn2)c2c(-c3ccc4c(c3)OCO4)csc2n1. The lowest BCUT2D eigenvalue weighted by molar-refractivity contribution is -0.120. The molecule has 0 atom stereocenters. The van der Waals surface area contributed by atoms with Gasteiger partial charge in [-0.1, -0.05) is 12.1 Å². The molecule has 4 aromatic rings. The van der Waals surface area contributed by atoms with Gasteiger partial charge in [0.05, 0.1) is 24.0 Å². The Morgan fingerprint density at radius 3 is 2.90 bits per heavy atom. The van der Waals surface area contributed by atoms with Crippen molar-refractivity contribution in [2.45, 2.75) is 13.0 Å². The van der Waals surface area contributed by atoms with Crippen LogP contribution in [0.25, 0.3) is 21.3 Å². The largest absolute Gasteiger partial charge is 0.454 e. The number of nitrogens with one attached hydrogen (secondary N) is 2. The van der Waals surface area contributed by atoms with Crippen LogP contribution in [0.1, 0.15) is 11.5 Å². The maximum Gasteiger partial charge on any atom is 0.231 e. The summed E-state index contributed by atoms with van der Waals surface area (Å²) in [6.07, 6.45) is 1.87. The van der Waals surface area contributed by atoms with Crippen molar-refractivity contribution in [1.82, 2.24) is 20.3 Å². The Bertz CT molecular complexity index is 1260. The lowest BCUT2D eigenvalue weighted by atomic mass is 10.1. The topological polar surface area (TPSA) is 98.3 Å². The third-order valence-corrected chi connectivity index (χ3v) is 5.80. The predicted molar refractivity (Wildman–Crippen MR) is 118 cm³/mol.